The fraction of sp³-hybridized carbons (Fsp3) is 0.214. The Morgan fingerprint density at radius 2 is 2.11 bits per heavy atom. The zero-order valence-corrected chi connectivity index (χ0v) is 10.2. The molecule has 4 nitrogen and oxygen atoms in total. The van der Waals surface area contributed by atoms with Crippen molar-refractivity contribution in [3.63, 3.8) is 0 Å². The summed E-state index contributed by atoms with van der Waals surface area (Å²) in [5.74, 6) is 1.00. The Kier molecular flexibility index (Phi) is 2.64. The van der Waals surface area contributed by atoms with Gasteiger partial charge in [0, 0.05) is 42.1 Å². The number of aryl methyl sites for hydroxylation is 1. The van der Waals surface area contributed by atoms with Crippen LogP contribution in [0, 0.1) is 0 Å². The summed E-state index contributed by atoms with van der Waals surface area (Å²) < 4.78 is 4.14. The standard InChI is InChI=1S/C14H15N3O/c1-16-7-6-15-14(16)9-17-8-11(10-18)12-4-2-3-5-13(12)17/h2-8,18H,9-10H2,1H3. The molecule has 0 aliphatic heterocycles. The molecule has 3 rings (SSSR count). The molecule has 2 aromatic heterocycles. The van der Waals surface area contributed by atoms with Crippen molar-refractivity contribution in [2.75, 3.05) is 0 Å². The minimum absolute atomic E-state index is 0.0636. The van der Waals surface area contributed by atoms with Crippen LogP contribution < -0.4 is 0 Å². The second-order valence-corrected chi connectivity index (χ2v) is 4.41. The van der Waals surface area contributed by atoms with Gasteiger partial charge in [-0.2, -0.15) is 0 Å². The van der Waals surface area contributed by atoms with E-state index >= 15 is 0 Å². The second-order valence-electron chi connectivity index (χ2n) is 4.41. The van der Waals surface area contributed by atoms with Crippen molar-refractivity contribution in [2.45, 2.75) is 13.2 Å². The minimum atomic E-state index is 0.0636. The van der Waals surface area contributed by atoms with Gasteiger partial charge in [0.1, 0.15) is 5.82 Å². The molecule has 18 heavy (non-hydrogen) atoms. The van der Waals surface area contributed by atoms with Crippen molar-refractivity contribution in [3.8, 4) is 0 Å². The molecule has 0 bridgehead atoms. The lowest BCUT2D eigenvalue weighted by molar-refractivity contribution is 0.283. The number of aliphatic hydroxyl groups excluding tert-OH is 1. The number of imidazole rings is 1. The van der Waals surface area contributed by atoms with Crippen LogP contribution in [-0.2, 0) is 20.2 Å². The lowest BCUT2D eigenvalue weighted by atomic mass is 10.2. The molecule has 4 heteroatoms. The summed E-state index contributed by atoms with van der Waals surface area (Å²) in [5.41, 5.74) is 2.09. The Bertz CT molecular complexity index is 681. The molecule has 0 fully saturated rings. The van der Waals surface area contributed by atoms with E-state index in [0.717, 1.165) is 22.3 Å². The Morgan fingerprint density at radius 3 is 2.83 bits per heavy atom. The van der Waals surface area contributed by atoms with Crippen LogP contribution in [0.3, 0.4) is 0 Å². The van der Waals surface area contributed by atoms with Gasteiger partial charge < -0.3 is 14.2 Å². The molecule has 0 amide bonds. The number of para-hydroxylation sites is 1. The molecule has 0 aliphatic rings. The summed E-state index contributed by atoms with van der Waals surface area (Å²) in [6.45, 7) is 0.776. The van der Waals surface area contributed by atoms with Crippen molar-refractivity contribution in [3.05, 3.63) is 54.2 Å². The van der Waals surface area contributed by atoms with E-state index in [0.29, 0.717) is 6.54 Å². The van der Waals surface area contributed by atoms with Crippen molar-refractivity contribution >= 4 is 10.9 Å². The Morgan fingerprint density at radius 1 is 1.28 bits per heavy atom. The SMILES string of the molecule is Cn1ccnc1Cn1cc(CO)c2ccccc21. The van der Waals surface area contributed by atoms with Crippen LogP contribution >= 0.6 is 0 Å². The maximum atomic E-state index is 9.40. The largest absolute Gasteiger partial charge is 0.392 e. The molecule has 0 saturated heterocycles. The molecule has 0 spiro atoms. The van der Waals surface area contributed by atoms with Gasteiger partial charge in [0.25, 0.3) is 0 Å². The van der Waals surface area contributed by atoms with E-state index in [-0.39, 0.29) is 6.61 Å². The average Bonchev–Trinajstić information content (AvgIpc) is 2.95. The summed E-state index contributed by atoms with van der Waals surface area (Å²) in [5, 5.41) is 10.5. The van der Waals surface area contributed by atoms with E-state index in [1.165, 1.54) is 0 Å². The van der Waals surface area contributed by atoms with Gasteiger partial charge in [-0.25, -0.2) is 4.98 Å². The van der Waals surface area contributed by atoms with Gasteiger partial charge in [-0.1, -0.05) is 18.2 Å². The van der Waals surface area contributed by atoms with Gasteiger partial charge in [-0.3, -0.25) is 0 Å². The molecule has 0 atom stereocenters. The van der Waals surface area contributed by atoms with Crippen LogP contribution in [-0.4, -0.2) is 19.2 Å². The number of fused-ring (bicyclic) bond motifs is 1. The molecule has 0 radical (unpaired) electrons. The third kappa shape index (κ3) is 1.71. The summed E-state index contributed by atoms with van der Waals surface area (Å²) in [7, 11) is 1.99. The Labute approximate surface area is 105 Å². The Hall–Kier alpha value is -2.07. The normalized spacial score (nSPS) is 11.2. The first-order chi connectivity index (χ1) is 8.79. The van der Waals surface area contributed by atoms with Crippen LogP contribution in [0.5, 0.6) is 0 Å². The third-order valence-electron chi connectivity index (χ3n) is 3.27. The van der Waals surface area contributed by atoms with Crippen molar-refractivity contribution < 1.29 is 5.11 Å². The summed E-state index contributed by atoms with van der Waals surface area (Å²) >= 11 is 0. The maximum Gasteiger partial charge on any atom is 0.128 e. The number of aromatic nitrogens is 3. The molecule has 1 aromatic carbocycles. The first-order valence-corrected chi connectivity index (χ1v) is 5.93. The van der Waals surface area contributed by atoms with E-state index in [4.69, 9.17) is 0 Å². The molecule has 0 saturated carbocycles. The summed E-state index contributed by atoms with van der Waals surface area (Å²) in [4.78, 5) is 4.33. The first-order valence-electron chi connectivity index (χ1n) is 5.93. The third-order valence-corrected chi connectivity index (χ3v) is 3.27. The zero-order valence-electron chi connectivity index (χ0n) is 10.2. The Balaban J connectivity index is 2.09. The number of rotatable bonds is 3. The number of hydrogen-bond acceptors (Lipinski definition) is 2. The number of benzene rings is 1. The lowest BCUT2D eigenvalue weighted by Gasteiger charge is -2.05. The molecule has 2 heterocycles. The van der Waals surface area contributed by atoms with Crippen molar-refractivity contribution in [2.24, 2.45) is 7.05 Å². The highest BCUT2D eigenvalue weighted by molar-refractivity contribution is 5.83. The molecular weight excluding hydrogens is 226 g/mol. The summed E-state index contributed by atoms with van der Waals surface area (Å²) in [6.07, 6.45) is 5.74. The van der Waals surface area contributed by atoms with Crippen LogP contribution in [0.1, 0.15) is 11.4 Å². The highest BCUT2D eigenvalue weighted by Gasteiger charge is 2.08. The van der Waals surface area contributed by atoms with Gasteiger partial charge in [0.15, 0.2) is 0 Å². The van der Waals surface area contributed by atoms with Crippen LogP contribution in [0.15, 0.2) is 42.9 Å². The van der Waals surface area contributed by atoms with Crippen LogP contribution in [0.2, 0.25) is 0 Å². The number of hydrogen-bond donors (Lipinski definition) is 1. The van der Waals surface area contributed by atoms with E-state index in [1.807, 2.05) is 42.2 Å². The van der Waals surface area contributed by atoms with Crippen molar-refractivity contribution in [1.29, 1.82) is 0 Å². The van der Waals surface area contributed by atoms with Gasteiger partial charge in [-0.05, 0) is 6.07 Å². The van der Waals surface area contributed by atoms with E-state index < -0.39 is 0 Å². The zero-order chi connectivity index (χ0) is 12.5. The lowest BCUT2D eigenvalue weighted by Crippen LogP contribution is -2.04. The average molecular weight is 241 g/mol. The minimum Gasteiger partial charge on any atom is -0.392 e. The summed E-state index contributed by atoms with van der Waals surface area (Å²) in [6, 6.07) is 8.11. The highest BCUT2D eigenvalue weighted by Crippen LogP contribution is 2.21. The molecule has 0 aliphatic carbocycles. The second kappa shape index (κ2) is 4.31. The fourth-order valence-corrected chi connectivity index (χ4v) is 2.28. The predicted octanol–water partition coefficient (Wildman–Crippen LogP) is 1.92. The van der Waals surface area contributed by atoms with E-state index in [2.05, 4.69) is 15.6 Å². The molecular formula is C14H15N3O. The van der Waals surface area contributed by atoms with E-state index in [9.17, 15) is 5.11 Å². The van der Waals surface area contributed by atoms with Gasteiger partial charge >= 0.3 is 0 Å². The predicted molar refractivity (Wildman–Crippen MR) is 70.2 cm³/mol. The smallest absolute Gasteiger partial charge is 0.128 e. The van der Waals surface area contributed by atoms with Crippen LogP contribution in [0.4, 0.5) is 0 Å². The maximum absolute atomic E-state index is 9.40. The van der Waals surface area contributed by atoms with Crippen LogP contribution in [0.25, 0.3) is 10.9 Å². The first kappa shape index (κ1) is 11.0. The van der Waals surface area contributed by atoms with Gasteiger partial charge in [0.2, 0.25) is 0 Å². The van der Waals surface area contributed by atoms with Gasteiger partial charge in [-0.15, -0.1) is 0 Å². The molecule has 92 valence electrons. The highest BCUT2D eigenvalue weighted by atomic mass is 16.3. The quantitative estimate of drug-likeness (QED) is 0.761. The monoisotopic (exact) mass is 241 g/mol. The fourth-order valence-electron chi connectivity index (χ4n) is 2.28. The van der Waals surface area contributed by atoms with Gasteiger partial charge in [0.05, 0.1) is 13.2 Å². The molecule has 1 N–H and O–H groups in total. The molecule has 3 aromatic rings. The topological polar surface area (TPSA) is 43.0 Å². The molecule has 0 unspecified atom stereocenters. The number of aliphatic hydroxyl groups is 1. The van der Waals surface area contributed by atoms with Crippen molar-refractivity contribution in [1.82, 2.24) is 14.1 Å². The number of nitrogens with zero attached hydrogens (tertiary/aromatic N) is 3. The van der Waals surface area contributed by atoms with E-state index in [1.54, 1.807) is 6.20 Å².